The van der Waals surface area contributed by atoms with Gasteiger partial charge in [-0.1, -0.05) is 24.3 Å². The maximum absolute atomic E-state index is 13.9. The monoisotopic (exact) mass is 366 g/mol. The topological polar surface area (TPSA) is 58.4 Å². The van der Waals surface area contributed by atoms with Crippen LogP contribution in [0.25, 0.3) is 11.0 Å². The predicted molar refractivity (Wildman–Crippen MR) is 102 cm³/mol. The molecule has 0 aliphatic carbocycles. The highest BCUT2D eigenvalue weighted by atomic mass is 19.1. The summed E-state index contributed by atoms with van der Waals surface area (Å²) in [6.45, 7) is 1.76. The third-order valence-corrected chi connectivity index (χ3v) is 4.94. The smallest absolute Gasteiger partial charge is 0.293 e. The first-order valence-corrected chi connectivity index (χ1v) is 8.81. The van der Waals surface area contributed by atoms with Gasteiger partial charge in [0.2, 0.25) is 0 Å². The Hall–Kier alpha value is -3.22. The third-order valence-electron chi connectivity index (χ3n) is 4.94. The van der Waals surface area contributed by atoms with Crippen molar-refractivity contribution in [2.24, 2.45) is 7.05 Å². The summed E-state index contributed by atoms with van der Waals surface area (Å²) in [5, 5.41) is 0. The molecule has 0 unspecified atom stereocenters. The van der Waals surface area contributed by atoms with E-state index < -0.39 is 5.82 Å². The summed E-state index contributed by atoms with van der Waals surface area (Å²) in [6.07, 6.45) is 0. The Morgan fingerprint density at radius 2 is 1.67 bits per heavy atom. The first-order valence-electron chi connectivity index (χ1n) is 8.81. The molecular weight excluding hydrogens is 347 g/mol. The standard InChI is InChI=1S/C20H19FN4O2/c1-23-17-9-5-4-8-16(17)22-18(20(23)27)24-10-12-25(13-11-24)19(26)14-6-2-3-7-15(14)21/h2-9H,10-13H2,1H3. The summed E-state index contributed by atoms with van der Waals surface area (Å²) in [5.74, 6) is -0.462. The molecule has 0 bridgehead atoms. The van der Waals surface area contributed by atoms with Crippen LogP contribution in [0.1, 0.15) is 10.4 Å². The highest BCUT2D eigenvalue weighted by Gasteiger charge is 2.26. The number of carbonyl (C=O) groups is 1. The number of benzene rings is 2. The van der Waals surface area contributed by atoms with Crippen molar-refractivity contribution < 1.29 is 9.18 Å². The maximum Gasteiger partial charge on any atom is 0.293 e. The van der Waals surface area contributed by atoms with Gasteiger partial charge in [-0.2, -0.15) is 0 Å². The molecule has 0 spiro atoms. The fourth-order valence-electron chi connectivity index (χ4n) is 3.40. The molecule has 2 aromatic carbocycles. The largest absolute Gasteiger partial charge is 0.348 e. The van der Waals surface area contributed by atoms with Crippen molar-refractivity contribution >= 4 is 22.8 Å². The molecule has 4 rings (SSSR count). The van der Waals surface area contributed by atoms with E-state index in [4.69, 9.17) is 0 Å². The molecule has 1 saturated heterocycles. The van der Waals surface area contributed by atoms with E-state index in [-0.39, 0.29) is 17.0 Å². The number of amides is 1. The lowest BCUT2D eigenvalue weighted by atomic mass is 10.1. The van der Waals surface area contributed by atoms with Gasteiger partial charge in [0.1, 0.15) is 5.82 Å². The Labute approximate surface area is 155 Å². The lowest BCUT2D eigenvalue weighted by molar-refractivity contribution is 0.0741. The van der Waals surface area contributed by atoms with Crippen LogP contribution in [0.3, 0.4) is 0 Å². The predicted octanol–water partition coefficient (Wildman–Crippen LogP) is 2.03. The lowest BCUT2D eigenvalue weighted by Crippen LogP contribution is -2.50. The van der Waals surface area contributed by atoms with E-state index in [9.17, 15) is 14.0 Å². The van der Waals surface area contributed by atoms with Gasteiger partial charge in [-0.3, -0.25) is 9.59 Å². The zero-order valence-electron chi connectivity index (χ0n) is 14.9. The van der Waals surface area contributed by atoms with Crippen LogP contribution in [-0.4, -0.2) is 46.5 Å². The SMILES string of the molecule is Cn1c(=O)c(N2CCN(C(=O)c3ccccc3F)CC2)nc2ccccc21. The van der Waals surface area contributed by atoms with Crippen LogP contribution >= 0.6 is 0 Å². The van der Waals surface area contributed by atoms with Gasteiger partial charge in [-0.15, -0.1) is 0 Å². The van der Waals surface area contributed by atoms with Crippen molar-refractivity contribution in [2.75, 3.05) is 31.1 Å². The number of aryl methyl sites for hydroxylation is 1. The molecule has 27 heavy (non-hydrogen) atoms. The number of carbonyl (C=O) groups excluding carboxylic acids is 1. The molecule has 138 valence electrons. The Morgan fingerprint density at radius 1 is 1.00 bits per heavy atom. The first kappa shape index (κ1) is 17.2. The number of nitrogens with zero attached hydrogens (tertiary/aromatic N) is 4. The van der Waals surface area contributed by atoms with Crippen molar-refractivity contribution in [1.29, 1.82) is 0 Å². The molecule has 1 amide bonds. The number of fused-ring (bicyclic) bond motifs is 1. The minimum absolute atomic E-state index is 0.0747. The fourth-order valence-corrected chi connectivity index (χ4v) is 3.40. The van der Waals surface area contributed by atoms with Crippen molar-refractivity contribution in [3.8, 4) is 0 Å². The van der Waals surface area contributed by atoms with Crippen LogP contribution in [0, 0.1) is 5.82 Å². The van der Waals surface area contributed by atoms with E-state index in [1.54, 1.807) is 28.6 Å². The second-order valence-electron chi connectivity index (χ2n) is 6.55. The minimum Gasteiger partial charge on any atom is -0.348 e. The number of anilines is 1. The van der Waals surface area contributed by atoms with Crippen molar-refractivity contribution in [3.05, 3.63) is 70.3 Å². The Bertz CT molecular complexity index is 1070. The van der Waals surface area contributed by atoms with Gasteiger partial charge in [0.25, 0.3) is 11.5 Å². The van der Waals surface area contributed by atoms with Gasteiger partial charge in [-0.25, -0.2) is 9.37 Å². The summed E-state index contributed by atoms with van der Waals surface area (Å²) < 4.78 is 15.5. The van der Waals surface area contributed by atoms with E-state index in [0.29, 0.717) is 32.0 Å². The average Bonchev–Trinajstić information content (AvgIpc) is 2.71. The lowest BCUT2D eigenvalue weighted by Gasteiger charge is -2.35. The molecule has 0 saturated carbocycles. The molecule has 0 atom stereocenters. The third kappa shape index (κ3) is 3.05. The van der Waals surface area contributed by atoms with Gasteiger partial charge in [0.05, 0.1) is 16.6 Å². The van der Waals surface area contributed by atoms with Crippen LogP contribution in [-0.2, 0) is 7.05 Å². The van der Waals surface area contributed by atoms with Gasteiger partial charge in [-0.05, 0) is 24.3 Å². The van der Waals surface area contributed by atoms with Gasteiger partial charge in [0, 0.05) is 33.2 Å². The van der Waals surface area contributed by atoms with Crippen molar-refractivity contribution in [2.45, 2.75) is 0 Å². The normalized spacial score (nSPS) is 14.6. The zero-order chi connectivity index (χ0) is 19.0. The van der Waals surface area contributed by atoms with Crippen LogP contribution in [0.4, 0.5) is 10.2 Å². The summed E-state index contributed by atoms with van der Waals surface area (Å²) >= 11 is 0. The van der Waals surface area contributed by atoms with Crippen LogP contribution in [0.2, 0.25) is 0 Å². The van der Waals surface area contributed by atoms with Crippen molar-refractivity contribution in [1.82, 2.24) is 14.5 Å². The molecular formula is C20H19FN4O2. The second kappa shape index (κ2) is 6.83. The summed E-state index contributed by atoms with van der Waals surface area (Å²) in [6, 6.07) is 13.5. The highest BCUT2D eigenvalue weighted by Crippen LogP contribution is 2.17. The summed E-state index contributed by atoms with van der Waals surface area (Å²) in [4.78, 5) is 33.3. The van der Waals surface area contributed by atoms with Crippen LogP contribution < -0.4 is 10.5 Å². The Morgan fingerprint density at radius 3 is 2.41 bits per heavy atom. The molecule has 7 heteroatoms. The number of para-hydroxylation sites is 2. The van der Waals surface area contributed by atoms with Gasteiger partial charge < -0.3 is 14.4 Å². The molecule has 1 aliphatic rings. The van der Waals surface area contributed by atoms with E-state index >= 15 is 0 Å². The quantitative estimate of drug-likeness (QED) is 0.696. The average molecular weight is 366 g/mol. The van der Waals surface area contributed by atoms with Crippen LogP contribution in [0.15, 0.2) is 53.3 Å². The van der Waals surface area contributed by atoms with Crippen molar-refractivity contribution in [3.63, 3.8) is 0 Å². The Balaban J connectivity index is 1.56. The number of hydrogen-bond acceptors (Lipinski definition) is 4. The van der Waals surface area contributed by atoms with E-state index in [2.05, 4.69) is 4.98 Å². The van der Waals surface area contributed by atoms with Crippen LogP contribution in [0.5, 0.6) is 0 Å². The molecule has 1 aliphatic heterocycles. The number of rotatable bonds is 2. The van der Waals surface area contributed by atoms with Gasteiger partial charge >= 0.3 is 0 Å². The Kier molecular flexibility index (Phi) is 4.35. The molecule has 1 fully saturated rings. The molecule has 6 nitrogen and oxygen atoms in total. The number of halogens is 1. The molecule has 0 radical (unpaired) electrons. The molecule has 1 aromatic heterocycles. The van der Waals surface area contributed by atoms with E-state index in [1.807, 2.05) is 29.2 Å². The van der Waals surface area contributed by atoms with E-state index in [1.165, 1.54) is 12.1 Å². The molecule has 0 N–H and O–H groups in total. The van der Waals surface area contributed by atoms with E-state index in [0.717, 1.165) is 11.0 Å². The molecule has 3 aromatic rings. The number of piperazine rings is 1. The summed E-state index contributed by atoms with van der Waals surface area (Å²) in [7, 11) is 1.73. The molecule has 2 heterocycles. The minimum atomic E-state index is -0.519. The maximum atomic E-state index is 13.9. The summed E-state index contributed by atoms with van der Waals surface area (Å²) in [5.41, 5.74) is 1.44. The highest BCUT2D eigenvalue weighted by molar-refractivity contribution is 5.94. The number of aromatic nitrogens is 2. The fraction of sp³-hybridized carbons (Fsp3) is 0.250. The number of hydrogen-bond donors (Lipinski definition) is 0. The first-order chi connectivity index (χ1) is 13.1. The van der Waals surface area contributed by atoms with Gasteiger partial charge in [0.15, 0.2) is 5.82 Å². The second-order valence-corrected chi connectivity index (χ2v) is 6.55. The zero-order valence-corrected chi connectivity index (χ0v) is 14.9.